The lowest BCUT2D eigenvalue weighted by atomic mass is 9.99. The third-order valence-electron chi connectivity index (χ3n) is 6.19. The van der Waals surface area contributed by atoms with Gasteiger partial charge in [-0.3, -0.25) is 9.89 Å². The van der Waals surface area contributed by atoms with Crippen LogP contribution in [0.15, 0.2) is 22.5 Å². The molecule has 0 saturated carbocycles. The van der Waals surface area contributed by atoms with E-state index in [2.05, 4.69) is 51.8 Å². The van der Waals surface area contributed by atoms with Gasteiger partial charge in [0.25, 0.3) is 0 Å². The van der Waals surface area contributed by atoms with Crippen LogP contribution in [0.25, 0.3) is 0 Å². The molecule has 0 spiro atoms. The number of nitrogens with one attached hydrogen (secondary N) is 2. The predicted molar refractivity (Wildman–Crippen MR) is 143 cm³/mol. The summed E-state index contributed by atoms with van der Waals surface area (Å²) in [6.45, 7) is 14.6. The zero-order valence-corrected chi connectivity index (χ0v) is 22.5. The highest BCUT2D eigenvalue weighted by molar-refractivity contribution is 14.0. The molecule has 3 heterocycles. The second-order valence-electron chi connectivity index (χ2n) is 8.56. The summed E-state index contributed by atoms with van der Waals surface area (Å²) in [5.41, 5.74) is 0. The molecule has 8 heteroatoms. The molecule has 31 heavy (non-hydrogen) atoms. The number of likely N-dealkylation sites (tertiary alicyclic amines) is 1. The van der Waals surface area contributed by atoms with E-state index in [0.717, 1.165) is 57.8 Å². The van der Waals surface area contributed by atoms with Crippen LogP contribution in [-0.2, 0) is 4.74 Å². The van der Waals surface area contributed by atoms with Gasteiger partial charge in [0.05, 0.1) is 25.8 Å². The summed E-state index contributed by atoms with van der Waals surface area (Å²) >= 11 is 1.83. The maximum absolute atomic E-state index is 5.55. The van der Waals surface area contributed by atoms with E-state index in [4.69, 9.17) is 9.73 Å². The number of rotatable bonds is 10. The molecule has 1 atom stereocenters. The molecular weight excluding hydrogens is 521 g/mol. The lowest BCUT2D eigenvalue weighted by Crippen LogP contribution is -2.41. The average Bonchev–Trinajstić information content (AvgIpc) is 3.30. The van der Waals surface area contributed by atoms with Crippen molar-refractivity contribution in [3.8, 4) is 0 Å². The minimum absolute atomic E-state index is 0. The molecule has 0 radical (unpaired) electrons. The van der Waals surface area contributed by atoms with Gasteiger partial charge in [-0.2, -0.15) is 0 Å². The quantitative estimate of drug-likeness (QED) is 0.196. The van der Waals surface area contributed by atoms with Crippen LogP contribution in [0, 0.1) is 5.92 Å². The van der Waals surface area contributed by atoms with Crippen molar-refractivity contribution >= 4 is 41.3 Å². The molecule has 3 rings (SSSR count). The first-order chi connectivity index (χ1) is 14.8. The van der Waals surface area contributed by atoms with Crippen molar-refractivity contribution in [3.63, 3.8) is 0 Å². The number of hydrogen-bond acceptors (Lipinski definition) is 5. The molecule has 2 aliphatic rings. The summed E-state index contributed by atoms with van der Waals surface area (Å²) in [4.78, 5) is 11.5. The highest BCUT2D eigenvalue weighted by Crippen LogP contribution is 2.26. The number of halogens is 1. The zero-order valence-electron chi connectivity index (χ0n) is 19.4. The third kappa shape index (κ3) is 9.53. The van der Waals surface area contributed by atoms with Crippen LogP contribution in [0.2, 0.25) is 0 Å². The van der Waals surface area contributed by atoms with Crippen LogP contribution in [0.5, 0.6) is 0 Å². The molecule has 0 aliphatic carbocycles. The summed E-state index contributed by atoms with van der Waals surface area (Å²) in [6, 6.07) is 4.72. The van der Waals surface area contributed by atoms with Gasteiger partial charge in [-0.15, -0.1) is 35.3 Å². The molecule has 178 valence electrons. The van der Waals surface area contributed by atoms with E-state index in [0.29, 0.717) is 6.04 Å². The highest BCUT2D eigenvalue weighted by atomic mass is 127. The van der Waals surface area contributed by atoms with E-state index in [1.54, 1.807) is 0 Å². The van der Waals surface area contributed by atoms with Gasteiger partial charge in [0, 0.05) is 31.1 Å². The fraction of sp³-hybridized carbons (Fsp3) is 0.783. The van der Waals surface area contributed by atoms with Gasteiger partial charge in [-0.05, 0) is 69.6 Å². The Kier molecular flexibility index (Phi) is 13.3. The van der Waals surface area contributed by atoms with Crippen molar-refractivity contribution in [2.24, 2.45) is 10.9 Å². The smallest absolute Gasteiger partial charge is 0.191 e. The van der Waals surface area contributed by atoms with Crippen LogP contribution in [0.1, 0.15) is 50.4 Å². The summed E-state index contributed by atoms with van der Waals surface area (Å²) in [6.07, 6.45) is 5.18. The highest BCUT2D eigenvalue weighted by Gasteiger charge is 2.23. The largest absolute Gasteiger partial charge is 0.379 e. The van der Waals surface area contributed by atoms with Crippen LogP contribution in [0.3, 0.4) is 0 Å². The molecule has 2 saturated heterocycles. The van der Waals surface area contributed by atoms with Crippen LogP contribution in [-0.4, -0.2) is 81.3 Å². The zero-order chi connectivity index (χ0) is 21.0. The minimum atomic E-state index is 0. The molecule has 0 bridgehead atoms. The molecule has 0 amide bonds. The van der Waals surface area contributed by atoms with Gasteiger partial charge in [-0.25, -0.2) is 0 Å². The molecule has 2 fully saturated rings. The Bertz CT molecular complexity index is 601. The Balaban J connectivity index is 0.00000341. The van der Waals surface area contributed by atoms with Crippen molar-refractivity contribution in [2.45, 2.75) is 45.6 Å². The number of thiophene rings is 1. The molecule has 2 aliphatic heterocycles. The van der Waals surface area contributed by atoms with E-state index >= 15 is 0 Å². The van der Waals surface area contributed by atoms with Crippen molar-refractivity contribution in [3.05, 3.63) is 22.4 Å². The summed E-state index contributed by atoms with van der Waals surface area (Å²) in [5, 5.41) is 9.14. The van der Waals surface area contributed by atoms with Crippen LogP contribution in [0.4, 0.5) is 0 Å². The summed E-state index contributed by atoms with van der Waals surface area (Å²) in [7, 11) is 0. The number of piperidine rings is 1. The normalized spacial score (nSPS) is 20.3. The van der Waals surface area contributed by atoms with Gasteiger partial charge in [-0.1, -0.05) is 13.0 Å². The Labute approximate surface area is 210 Å². The lowest BCUT2D eigenvalue weighted by molar-refractivity contribution is 0.0186. The number of hydrogen-bond donors (Lipinski definition) is 2. The second kappa shape index (κ2) is 15.4. The molecular formula is C23H42IN5OS. The molecule has 0 aromatic carbocycles. The Morgan fingerprint density at radius 1 is 1.19 bits per heavy atom. The molecule has 1 aromatic heterocycles. The van der Waals surface area contributed by atoms with E-state index in [1.165, 1.54) is 50.2 Å². The van der Waals surface area contributed by atoms with Crippen molar-refractivity contribution in [1.82, 2.24) is 20.4 Å². The van der Waals surface area contributed by atoms with Crippen LogP contribution >= 0.6 is 35.3 Å². The predicted octanol–water partition coefficient (Wildman–Crippen LogP) is 3.81. The van der Waals surface area contributed by atoms with Crippen molar-refractivity contribution < 1.29 is 4.74 Å². The van der Waals surface area contributed by atoms with Gasteiger partial charge >= 0.3 is 0 Å². The van der Waals surface area contributed by atoms with E-state index < -0.39 is 0 Å². The van der Waals surface area contributed by atoms with E-state index in [1.807, 2.05) is 11.3 Å². The fourth-order valence-electron chi connectivity index (χ4n) is 4.23. The first-order valence-electron chi connectivity index (χ1n) is 11.9. The molecule has 1 unspecified atom stereocenters. The second-order valence-corrected chi connectivity index (χ2v) is 9.54. The Hall–Kier alpha value is -0.420. The first kappa shape index (κ1) is 26.8. The van der Waals surface area contributed by atoms with Gasteiger partial charge in [0.15, 0.2) is 5.96 Å². The van der Waals surface area contributed by atoms with Crippen molar-refractivity contribution in [2.75, 3.05) is 65.6 Å². The maximum atomic E-state index is 5.55. The third-order valence-corrected chi connectivity index (χ3v) is 7.17. The lowest BCUT2D eigenvalue weighted by Gasteiger charge is -2.33. The number of nitrogens with zero attached hydrogens (tertiary/aromatic N) is 3. The number of aliphatic imine (C=N–C) groups is 1. The fourth-order valence-corrected chi connectivity index (χ4v) is 5.08. The number of guanidine groups is 1. The molecule has 1 aromatic rings. The monoisotopic (exact) mass is 563 g/mol. The Morgan fingerprint density at radius 2 is 1.97 bits per heavy atom. The SMILES string of the molecule is CCNC(=NCC(c1cccs1)N1CCOCC1)NCCCCN1CCC(C)CC1.I. The number of ether oxygens (including phenoxy) is 1. The van der Waals surface area contributed by atoms with E-state index in [9.17, 15) is 0 Å². The Morgan fingerprint density at radius 3 is 2.65 bits per heavy atom. The summed E-state index contributed by atoms with van der Waals surface area (Å²) < 4.78 is 5.55. The number of unbranched alkanes of at least 4 members (excludes halogenated alkanes) is 1. The van der Waals surface area contributed by atoms with Crippen molar-refractivity contribution in [1.29, 1.82) is 0 Å². The van der Waals surface area contributed by atoms with E-state index in [-0.39, 0.29) is 24.0 Å². The minimum Gasteiger partial charge on any atom is -0.379 e. The van der Waals surface area contributed by atoms with Crippen LogP contribution < -0.4 is 10.6 Å². The number of morpholine rings is 1. The average molecular weight is 564 g/mol. The van der Waals surface area contributed by atoms with Gasteiger partial charge in [0.1, 0.15) is 0 Å². The van der Waals surface area contributed by atoms with Gasteiger partial charge < -0.3 is 20.3 Å². The summed E-state index contributed by atoms with van der Waals surface area (Å²) in [5.74, 6) is 1.86. The van der Waals surface area contributed by atoms with Gasteiger partial charge in [0.2, 0.25) is 0 Å². The molecule has 6 nitrogen and oxygen atoms in total. The standard InChI is InChI=1S/C23H41N5OS.HI/c1-3-24-23(25-10-4-5-11-27-12-8-20(2)9-13-27)26-19-21(22-7-6-18-30-22)28-14-16-29-17-15-28;/h6-7,18,20-21H,3-5,8-17,19H2,1-2H3,(H2,24,25,26);1H. The topological polar surface area (TPSA) is 52.1 Å². The maximum Gasteiger partial charge on any atom is 0.191 e. The molecule has 2 N–H and O–H groups in total. The first-order valence-corrected chi connectivity index (χ1v) is 12.7.